The Hall–Kier alpha value is -0.480. The molecule has 1 aliphatic heterocycles. The SMILES string of the molecule is CC1(C(=O)F)OC(C)(C)C(C)(C)O1. The van der Waals surface area contributed by atoms with Crippen molar-refractivity contribution in [2.24, 2.45) is 0 Å². The minimum absolute atomic E-state index is 0.677. The van der Waals surface area contributed by atoms with E-state index in [1.54, 1.807) is 27.7 Å². The van der Waals surface area contributed by atoms with E-state index in [2.05, 4.69) is 0 Å². The van der Waals surface area contributed by atoms with Crippen molar-refractivity contribution in [3.8, 4) is 0 Å². The highest BCUT2D eigenvalue weighted by atomic mass is 19.1. The molecule has 0 bridgehead atoms. The summed E-state index contributed by atoms with van der Waals surface area (Å²) in [5.74, 6) is -1.74. The van der Waals surface area contributed by atoms with Crippen LogP contribution in [0.4, 0.5) is 4.39 Å². The maximum absolute atomic E-state index is 12.6. The molecule has 13 heavy (non-hydrogen) atoms. The van der Waals surface area contributed by atoms with Crippen LogP contribution in [0, 0.1) is 0 Å². The molecule has 0 aliphatic carbocycles. The first-order valence-electron chi connectivity index (χ1n) is 4.21. The van der Waals surface area contributed by atoms with E-state index in [1.165, 1.54) is 6.92 Å². The van der Waals surface area contributed by atoms with Crippen molar-refractivity contribution in [2.45, 2.75) is 51.6 Å². The van der Waals surface area contributed by atoms with Crippen molar-refractivity contribution in [1.82, 2.24) is 0 Å². The van der Waals surface area contributed by atoms with Crippen LogP contribution < -0.4 is 0 Å². The monoisotopic (exact) mass is 190 g/mol. The summed E-state index contributed by atoms with van der Waals surface area (Å²) < 4.78 is 23.1. The molecule has 0 unspecified atom stereocenters. The number of hydrogen-bond donors (Lipinski definition) is 0. The van der Waals surface area contributed by atoms with Gasteiger partial charge in [-0.15, -0.1) is 0 Å². The second-order valence-electron chi connectivity index (χ2n) is 4.44. The third kappa shape index (κ3) is 1.48. The molecule has 1 aliphatic rings. The van der Waals surface area contributed by atoms with Crippen LogP contribution in [-0.4, -0.2) is 23.0 Å². The Balaban J connectivity index is 3.00. The van der Waals surface area contributed by atoms with Crippen LogP contribution in [0.2, 0.25) is 0 Å². The van der Waals surface area contributed by atoms with E-state index in [4.69, 9.17) is 9.47 Å². The molecular formula is C9H15FO3. The third-order valence-electron chi connectivity index (χ3n) is 2.71. The van der Waals surface area contributed by atoms with Crippen molar-refractivity contribution in [1.29, 1.82) is 0 Å². The van der Waals surface area contributed by atoms with Gasteiger partial charge in [0, 0.05) is 6.92 Å². The van der Waals surface area contributed by atoms with Gasteiger partial charge in [-0.1, -0.05) is 0 Å². The molecule has 0 atom stereocenters. The van der Waals surface area contributed by atoms with Gasteiger partial charge in [-0.2, -0.15) is 4.39 Å². The molecule has 0 aromatic heterocycles. The van der Waals surface area contributed by atoms with Crippen LogP contribution in [0.25, 0.3) is 0 Å². The molecule has 76 valence electrons. The van der Waals surface area contributed by atoms with Gasteiger partial charge in [0.1, 0.15) is 0 Å². The minimum Gasteiger partial charge on any atom is -0.333 e. The minimum atomic E-state index is -1.74. The summed E-state index contributed by atoms with van der Waals surface area (Å²) in [5.41, 5.74) is -1.35. The lowest BCUT2D eigenvalue weighted by Crippen LogP contribution is -2.41. The topological polar surface area (TPSA) is 35.5 Å². The van der Waals surface area contributed by atoms with Gasteiger partial charge >= 0.3 is 6.04 Å². The first-order chi connectivity index (χ1) is 5.61. The Bertz CT molecular complexity index is 229. The van der Waals surface area contributed by atoms with Gasteiger partial charge in [0.05, 0.1) is 11.2 Å². The third-order valence-corrected chi connectivity index (χ3v) is 2.71. The smallest absolute Gasteiger partial charge is 0.333 e. The summed E-state index contributed by atoms with van der Waals surface area (Å²) in [7, 11) is 0. The van der Waals surface area contributed by atoms with Crippen molar-refractivity contribution in [3.63, 3.8) is 0 Å². The Kier molecular flexibility index (Phi) is 2.05. The van der Waals surface area contributed by atoms with Crippen LogP contribution >= 0.6 is 0 Å². The highest BCUT2D eigenvalue weighted by molar-refractivity contribution is 5.76. The highest BCUT2D eigenvalue weighted by Crippen LogP contribution is 2.44. The molecule has 3 nitrogen and oxygen atoms in total. The van der Waals surface area contributed by atoms with Gasteiger partial charge < -0.3 is 9.47 Å². The van der Waals surface area contributed by atoms with Crippen LogP contribution in [0.3, 0.4) is 0 Å². The standard InChI is InChI=1S/C9H15FO3/c1-7(2)8(3,4)13-9(5,12-7)6(10)11/h1-5H3. The summed E-state index contributed by atoms with van der Waals surface area (Å²) in [6, 6.07) is -1.59. The Labute approximate surface area is 77.2 Å². The predicted molar refractivity (Wildman–Crippen MR) is 44.8 cm³/mol. The fourth-order valence-corrected chi connectivity index (χ4v) is 1.32. The Morgan fingerprint density at radius 2 is 1.31 bits per heavy atom. The average Bonchev–Trinajstić information content (AvgIpc) is 1.97. The van der Waals surface area contributed by atoms with E-state index in [0.717, 1.165) is 0 Å². The largest absolute Gasteiger partial charge is 0.360 e. The first-order valence-corrected chi connectivity index (χ1v) is 4.21. The van der Waals surface area contributed by atoms with Gasteiger partial charge in [-0.25, -0.2) is 0 Å². The van der Waals surface area contributed by atoms with Crippen molar-refractivity contribution < 1.29 is 18.7 Å². The van der Waals surface area contributed by atoms with E-state index in [1.807, 2.05) is 0 Å². The van der Waals surface area contributed by atoms with Gasteiger partial charge in [-0.3, -0.25) is 4.79 Å². The zero-order chi connectivity index (χ0) is 10.5. The molecule has 1 fully saturated rings. The number of halogens is 1. The van der Waals surface area contributed by atoms with E-state index >= 15 is 0 Å². The predicted octanol–water partition coefficient (Wildman–Crippen LogP) is 1.80. The summed E-state index contributed by atoms with van der Waals surface area (Å²) >= 11 is 0. The number of ether oxygens (including phenoxy) is 2. The molecular weight excluding hydrogens is 175 g/mol. The summed E-state index contributed by atoms with van der Waals surface area (Å²) in [4.78, 5) is 10.6. The zero-order valence-electron chi connectivity index (χ0n) is 8.60. The number of hydrogen-bond acceptors (Lipinski definition) is 3. The number of carbonyl (C=O) groups is 1. The second kappa shape index (κ2) is 2.51. The van der Waals surface area contributed by atoms with Crippen molar-refractivity contribution in [3.05, 3.63) is 0 Å². The summed E-state index contributed by atoms with van der Waals surface area (Å²) in [6.07, 6.45) is 0. The first kappa shape index (κ1) is 10.6. The normalized spacial score (nSPS) is 28.8. The summed E-state index contributed by atoms with van der Waals surface area (Å²) in [5, 5.41) is 0. The maximum Gasteiger partial charge on any atom is 0.360 e. The second-order valence-corrected chi connectivity index (χ2v) is 4.44. The molecule has 0 spiro atoms. The number of rotatable bonds is 1. The van der Waals surface area contributed by atoms with Crippen LogP contribution in [0.1, 0.15) is 34.6 Å². The lowest BCUT2D eigenvalue weighted by atomic mass is 9.90. The molecule has 0 saturated carbocycles. The van der Waals surface area contributed by atoms with Crippen LogP contribution in [0.15, 0.2) is 0 Å². The molecule has 4 heteroatoms. The van der Waals surface area contributed by atoms with E-state index < -0.39 is 23.0 Å². The molecule has 0 amide bonds. The molecule has 0 radical (unpaired) electrons. The maximum atomic E-state index is 12.6. The fraction of sp³-hybridized carbons (Fsp3) is 0.889. The van der Waals surface area contributed by atoms with Crippen LogP contribution in [-0.2, 0) is 14.3 Å². The van der Waals surface area contributed by atoms with Gasteiger partial charge in [0.15, 0.2) is 0 Å². The van der Waals surface area contributed by atoms with Gasteiger partial charge in [-0.05, 0) is 27.7 Å². The van der Waals surface area contributed by atoms with Crippen LogP contribution in [0.5, 0.6) is 0 Å². The lowest BCUT2D eigenvalue weighted by molar-refractivity contribution is -0.201. The Morgan fingerprint density at radius 1 is 1.00 bits per heavy atom. The molecule has 1 rings (SSSR count). The highest BCUT2D eigenvalue weighted by Gasteiger charge is 2.58. The lowest BCUT2D eigenvalue weighted by Gasteiger charge is -2.30. The molecule has 1 heterocycles. The van der Waals surface area contributed by atoms with Gasteiger partial charge in [0.2, 0.25) is 0 Å². The van der Waals surface area contributed by atoms with E-state index in [0.29, 0.717) is 0 Å². The zero-order valence-corrected chi connectivity index (χ0v) is 8.60. The molecule has 0 aromatic rings. The quantitative estimate of drug-likeness (QED) is 0.591. The Morgan fingerprint density at radius 3 is 1.46 bits per heavy atom. The van der Waals surface area contributed by atoms with Crippen molar-refractivity contribution >= 4 is 6.04 Å². The van der Waals surface area contributed by atoms with Crippen molar-refractivity contribution in [2.75, 3.05) is 0 Å². The number of carbonyl (C=O) groups excluding carboxylic acids is 1. The van der Waals surface area contributed by atoms with E-state index in [9.17, 15) is 9.18 Å². The van der Waals surface area contributed by atoms with Gasteiger partial charge in [0.25, 0.3) is 5.79 Å². The van der Waals surface area contributed by atoms with E-state index in [-0.39, 0.29) is 0 Å². The fourth-order valence-electron chi connectivity index (χ4n) is 1.32. The summed E-state index contributed by atoms with van der Waals surface area (Å²) in [6.45, 7) is 8.36. The molecule has 1 saturated heterocycles. The molecule has 0 aromatic carbocycles. The molecule has 0 N–H and O–H groups in total. The average molecular weight is 190 g/mol.